The van der Waals surface area contributed by atoms with Gasteiger partial charge in [-0.15, -0.1) is 0 Å². The summed E-state index contributed by atoms with van der Waals surface area (Å²) in [5, 5.41) is 10.6. The second-order valence-corrected chi connectivity index (χ2v) is 9.40. The molecule has 4 N–H and O–H groups in total. The van der Waals surface area contributed by atoms with Crippen LogP contribution in [0.4, 0.5) is 0 Å². The van der Waals surface area contributed by atoms with Gasteiger partial charge >= 0.3 is 5.97 Å². The molecule has 4 aromatic rings. The van der Waals surface area contributed by atoms with E-state index in [1.165, 1.54) is 6.20 Å². The number of fused-ring (bicyclic) bond motifs is 1. The second-order valence-electron chi connectivity index (χ2n) is 8.59. The number of halogens is 2. The lowest BCUT2D eigenvalue weighted by Crippen LogP contribution is -2.21. The molecule has 0 spiro atoms. The molecule has 0 amide bonds. The van der Waals surface area contributed by atoms with E-state index in [4.69, 9.17) is 33.7 Å². The molecule has 0 aliphatic carbocycles. The molecule has 0 saturated carbocycles. The maximum atomic E-state index is 12.9. The van der Waals surface area contributed by atoms with E-state index in [2.05, 4.69) is 4.98 Å². The smallest absolute Gasteiger partial charge is 0.337 e. The molecule has 0 aliphatic heterocycles. The van der Waals surface area contributed by atoms with Crippen molar-refractivity contribution >= 4 is 51.6 Å². The number of carbonyl (C=O) groups is 2. The maximum Gasteiger partial charge on any atom is 0.337 e. The van der Waals surface area contributed by atoms with Gasteiger partial charge in [0.25, 0.3) is 0 Å². The normalized spacial score (nSPS) is 12.0. The number of nitrogens with two attached hydrogens (primary N) is 1. The predicted octanol–water partition coefficient (Wildman–Crippen LogP) is 6.81. The molecule has 36 heavy (non-hydrogen) atoms. The molecule has 184 valence electrons. The van der Waals surface area contributed by atoms with Gasteiger partial charge in [-0.3, -0.25) is 4.79 Å². The quantitative estimate of drug-likeness (QED) is 0.220. The highest BCUT2D eigenvalue weighted by Gasteiger charge is 2.22. The van der Waals surface area contributed by atoms with Gasteiger partial charge in [-0.2, -0.15) is 0 Å². The average Bonchev–Trinajstić information content (AvgIpc) is 3.28. The summed E-state index contributed by atoms with van der Waals surface area (Å²) in [5.74, 6) is -0.868. The number of carboxylic acids is 1. The third-order valence-electron chi connectivity index (χ3n) is 5.86. The number of nitrogens with one attached hydrogen (secondary N) is 1. The molecule has 0 unspecified atom stereocenters. The SMILES string of the molecule is CC(C)C(=O)/C(COc1ccc(-c2ccc3c(C(=O)O)c[nH]c3c2)cc1)=C(\N)c1c(Cl)cccc1Cl. The first kappa shape index (κ1) is 25.4. The molecule has 0 fully saturated rings. The standard InChI is InChI=1S/C28H24Cl2N2O4/c1-15(2)27(33)21(26(31)25-22(29)4-3-5-23(25)30)14-36-18-9-6-16(7-10-18)17-8-11-19-20(28(34)35)13-32-24(19)12-17/h3-13,15,32H,14,31H2,1-2H3,(H,34,35)/b26-21-. The van der Waals surface area contributed by atoms with E-state index < -0.39 is 5.97 Å². The minimum atomic E-state index is -0.975. The summed E-state index contributed by atoms with van der Waals surface area (Å²) < 4.78 is 5.94. The molecule has 0 saturated heterocycles. The summed E-state index contributed by atoms with van der Waals surface area (Å²) in [4.78, 5) is 27.3. The van der Waals surface area contributed by atoms with Crippen molar-refractivity contribution in [3.05, 3.63) is 93.6 Å². The van der Waals surface area contributed by atoms with Gasteiger partial charge in [0, 0.05) is 28.6 Å². The van der Waals surface area contributed by atoms with Gasteiger partial charge in [0.05, 0.1) is 26.9 Å². The number of Topliss-reactive ketones (excluding diaryl/α,β-unsaturated/α-hetero) is 1. The van der Waals surface area contributed by atoms with Crippen molar-refractivity contribution in [1.82, 2.24) is 4.98 Å². The Kier molecular flexibility index (Phi) is 7.38. The number of hydrogen-bond donors (Lipinski definition) is 3. The molecular weight excluding hydrogens is 499 g/mol. The summed E-state index contributed by atoms with van der Waals surface area (Å²) in [7, 11) is 0. The highest BCUT2D eigenvalue weighted by Crippen LogP contribution is 2.32. The molecule has 8 heteroatoms. The third kappa shape index (κ3) is 5.10. The molecule has 0 atom stereocenters. The van der Waals surface area contributed by atoms with Crippen LogP contribution >= 0.6 is 23.2 Å². The summed E-state index contributed by atoms with van der Waals surface area (Å²) in [5.41, 5.74) is 10.1. The Hall–Kier alpha value is -3.74. The van der Waals surface area contributed by atoms with Crippen molar-refractivity contribution < 1.29 is 19.4 Å². The summed E-state index contributed by atoms with van der Waals surface area (Å²) in [6.45, 7) is 3.54. The Bertz CT molecular complexity index is 1470. The lowest BCUT2D eigenvalue weighted by molar-refractivity contribution is -0.118. The van der Waals surface area contributed by atoms with Crippen LogP contribution in [-0.2, 0) is 4.79 Å². The lowest BCUT2D eigenvalue weighted by atomic mass is 9.97. The number of aromatic nitrogens is 1. The van der Waals surface area contributed by atoms with Crippen LogP contribution < -0.4 is 10.5 Å². The van der Waals surface area contributed by atoms with E-state index in [1.54, 1.807) is 50.2 Å². The number of carbonyl (C=O) groups excluding carboxylic acids is 1. The molecule has 3 aromatic carbocycles. The van der Waals surface area contributed by atoms with Crippen LogP contribution in [0.3, 0.4) is 0 Å². The van der Waals surface area contributed by atoms with Crippen LogP contribution in [0.1, 0.15) is 29.8 Å². The Balaban J connectivity index is 1.58. The van der Waals surface area contributed by atoms with Gasteiger partial charge in [0.15, 0.2) is 5.78 Å². The minimum Gasteiger partial charge on any atom is -0.489 e. The van der Waals surface area contributed by atoms with Crippen molar-refractivity contribution in [2.24, 2.45) is 11.7 Å². The Labute approximate surface area is 218 Å². The maximum absolute atomic E-state index is 12.9. The largest absolute Gasteiger partial charge is 0.489 e. The van der Waals surface area contributed by atoms with Crippen LogP contribution in [0.15, 0.2) is 72.4 Å². The van der Waals surface area contributed by atoms with Crippen molar-refractivity contribution in [3.63, 3.8) is 0 Å². The molecule has 0 aliphatic rings. The first-order valence-electron chi connectivity index (χ1n) is 11.2. The van der Waals surface area contributed by atoms with Gasteiger partial charge < -0.3 is 20.6 Å². The zero-order valence-corrected chi connectivity index (χ0v) is 21.2. The van der Waals surface area contributed by atoms with Gasteiger partial charge in [-0.05, 0) is 41.5 Å². The van der Waals surface area contributed by atoms with Crippen LogP contribution in [0.25, 0.3) is 27.7 Å². The molecule has 1 heterocycles. The monoisotopic (exact) mass is 522 g/mol. The molecular formula is C28H24Cl2N2O4. The molecule has 6 nitrogen and oxygen atoms in total. The molecule has 0 radical (unpaired) electrons. The van der Waals surface area contributed by atoms with E-state index in [0.717, 1.165) is 16.6 Å². The second kappa shape index (κ2) is 10.5. The van der Waals surface area contributed by atoms with Gasteiger partial charge in [-0.1, -0.05) is 67.4 Å². The fourth-order valence-corrected chi connectivity index (χ4v) is 4.52. The van der Waals surface area contributed by atoms with E-state index in [1.807, 2.05) is 24.3 Å². The molecule has 4 rings (SSSR count). The van der Waals surface area contributed by atoms with Crippen molar-refractivity contribution in [2.45, 2.75) is 13.8 Å². The number of rotatable bonds is 8. The van der Waals surface area contributed by atoms with Crippen LogP contribution in [0, 0.1) is 5.92 Å². The van der Waals surface area contributed by atoms with Crippen LogP contribution in [0.5, 0.6) is 5.75 Å². The van der Waals surface area contributed by atoms with Gasteiger partial charge in [0.1, 0.15) is 12.4 Å². The third-order valence-corrected chi connectivity index (χ3v) is 6.49. The number of benzene rings is 3. The summed E-state index contributed by atoms with van der Waals surface area (Å²) >= 11 is 12.6. The topological polar surface area (TPSA) is 105 Å². The predicted molar refractivity (Wildman–Crippen MR) is 144 cm³/mol. The van der Waals surface area contributed by atoms with Gasteiger partial charge in [0.2, 0.25) is 0 Å². The minimum absolute atomic E-state index is 0.0455. The molecule has 1 aromatic heterocycles. The molecule has 0 bridgehead atoms. The number of aromatic amines is 1. The van der Waals surface area contributed by atoms with Crippen LogP contribution in [-0.4, -0.2) is 28.4 Å². The fourth-order valence-electron chi connectivity index (χ4n) is 3.92. The van der Waals surface area contributed by atoms with E-state index >= 15 is 0 Å². The zero-order chi connectivity index (χ0) is 26.0. The Morgan fingerprint density at radius 2 is 1.64 bits per heavy atom. The van der Waals surface area contributed by atoms with Crippen LogP contribution in [0.2, 0.25) is 10.0 Å². The number of carboxylic acid groups (broad SMARTS) is 1. The zero-order valence-electron chi connectivity index (χ0n) is 19.6. The number of hydrogen-bond acceptors (Lipinski definition) is 4. The van der Waals surface area contributed by atoms with Crippen molar-refractivity contribution in [2.75, 3.05) is 6.61 Å². The van der Waals surface area contributed by atoms with E-state index in [9.17, 15) is 14.7 Å². The van der Waals surface area contributed by atoms with E-state index in [-0.39, 0.29) is 29.6 Å². The number of ether oxygens (including phenoxy) is 1. The van der Waals surface area contributed by atoms with Gasteiger partial charge in [-0.25, -0.2) is 4.79 Å². The summed E-state index contributed by atoms with van der Waals surface area (Å²) in [6, 6.07) is 18.0. The average molecular weight is 523 g/mol. The van der Waals surface area contributed by atoms with Crippen molar-refractivity contribution in [3.8, 4) is 16.9 Å². The first-order chi connectivity index (χ1) is 17.2. The van der Waals surface area contributed by atoms with Crippen molar-refractivity contribution in [1.29, 1.82) is 0 Å². The fraction of sp³-hybridized carbons (Fsp3) is 0.143. The summed E-state index contributed by atoms with van der Waals surface area (Å²) in [6.07, 6.45) is 1.48. The highest BCUT2D eigenvalue weighted by atomic mass is 35.5. The first-order valence-corrected chi connectivity index (χ1v) is 12.0. The van der Waals surface area contributed by atoms with E-state index in [0.29, 0.717) is 32.3 Å². The number of ketones is 1. The Morgan fingerprint density at radius 3 is 2.25 bits per heavy atom. The number of H-pyrrole nitrogens is 1. The highest BCUT2D eigenvalue weighted by molar-refractivity contribution is 6.37. The Morgan fingerprint density at radius 1 is 1.00 bits per heavy atom. The lowest BCUT2D eigenvalue weighted by Gasteiger charge is -2.16. The number of aromatic carboxylic acids is 1.